The van der Waals surface area contributed by atoms with Crippen molar-refractivity contribution < 1.29 is 29.0 Å². The Kier molecular flexibility index (Phi) is 17.1. The smallest absolute Gasteiger partial charge is 0.318 e. The third-order valence-corrected chi connectivity index (χ3v) is 12.3. The zero-order valence-electron chi connectivity index (χ0n) is 36.8. The second kappa shape index (κ2) is 23.7. The van der Waals surface area contributed by atoms with Gasteiger partial charge in [0.15, 0.2) is 0 Å². The van der Waals surface area contributed by atoms with Gasteiger partial charge in [0.2, 0.25) is 11.8 Å². The zero-order valence-corrected chi connectivity index (χ0v) is 36.8. The number of aromatic amines is 1. The Labute approximate surface area is 376 Å². The topological polar surface area (TPSA) is 170 Å². The zero-order chi connectivity index (χ0) is 44.5. The van der Waals surface area contributed by atoms with E-state index >= 15 is 4.79 Å². The van der Waals surface area contributed by atoms with Crippen molar-refractivity contribution in [2.24, 2.45) is 5.92 Å². The van der Waals surface area contributed by atoms with E-state index in [4.69, 9.17) is 9.47 Å². The van der Waals surface area contributed by atoms with Gasteiger partial charge in [0.05, 0.1) is 25.6 Å². The molecule has 1 saturated heterocycles. The summed E-state index contributed by atoms with van der Waals surface area (Å²) < 4.78 is 14.2. The number of carbonyl (C=O) groups excluding carboxylic acids is 3. The summed E-state index contributed by atoms with van der Waals surface area (Å²) in [6.07, 6.45) is 11.3. The number of aromatic nitrogens is 4. The lowest BCUT2D eigenvalue weighted by atomic mass is 9.83. The first-order chi connectivity index (χ1) is 31.3. The summed E-state index contributed by atoms with van der Waals surface area (Å²) in [6, 6.07) is 25.8. The Morgan fingerprint density at radius 3 is 2.09 bits per heavy atom. The van der Waals surface area contributed by atoms with Crippen LogP contribution in [0.1, 0.15) is 72.8 Å². The second-order valence-corrected chi connectivity index (χ2v) is 17.1. The van der Waals surface area contributed by atoms with Crippen LogP contribution in [-0.2, 0) is 51.8 Å². The number of H-pyrrole nitrogens is 1. The number of amides is 4. The van der Waals surface area contributed by atoms with Gasteiger partial charge in [0.25, 0.3) is 0 Å². The lowest BCUT2D eigenvalue weighted by Gasteiger charge is -2.39. The molecule has 340 valence electrons. The molecule has 0 spiro atoms. The van der Waals surface area contributed by atoms with Gasteiger partial charge in [-0.2, -0.15) is 0 Å². The van der Waals surface area contributed by atoms with E-state index in [-0.39, 0.29) is 44.9 Å². The minimum absolute atomic E-state index is 0.0679. The number of likely N-dealkylation sites (N-methyl/N-ethyl adjacent to an activating group) is 1. The molecule has 64 heavy (non-hydrogen) atoms. The first kappa shape index (κ1) is 46.1. The van der Waals surface area contributed by atoms with Crippen LogP contribution >= 0.6 is 0 Å². The summed E-state index contributed by atoms with van der Waals surface area (Å²) in [4.78, 5) is 61.4. The Hall–Kier alpha value is -5.87. The predicted octanol–water partition coefficient (Wildman–Crippen LogP) is 5.45. The molecule has 2 aliphatic rings. The molecule has 4 atom stereocenters. The third kappa shape index (κ3) is 13.3. The molecule has 5 aromatic rings. The van der Waals surface area contributed by atoms with Gasteiger partial charge in [-0.3, -0.25) is 9.59 Å². The van der Waals surface area contributed by atoms with Gasteiger partial charge in [0.1, 0.15) is 37.5 Å². The molecule has 1 saturated carbocycles. The quantitative estimate of drug-likeness (QED) is 0.0701. The number of carbonyl (C=O) groups is 3. The van der Waals surface area contributed by atoms with E-state index in [2.05, 4.69) is 30.5 Å². The average molecular weight is 874 g/mol. The number of benzene rings is 3. The number of nitrogens with zero attached hydrogens (tertiary/aromatic N) is 6. The fourth-order valence-corrected chi connectivity index (χ4v) is 8.65. The number of urea groups is 1. The molecular weight excluding hydrogens is 811 g/mol. The Balaban J connectivity index is 1.19. The summed E-state index contributed by atoms with van der Waals surface area (Å²) in [5.74, 6) is -0.363. The van der Waals surface area contributed by atoms with Gasteiger partial charge in [-0.25, -0.2) is 14.8 Å². The molecule has 4 N–H and O–H groups in total. The van der Waals surface area contributed by atoms with E-state index in [1.165, 1.54) is 6.33 Å². The highest BCUT2D eigenvalue weighted by Crippen LogP contribution is 2.34. The van der Waals surface area contributed by atoms with E-state index in [0.717, 1.165) is 61.9 Å². The van der Waals surface area contributed by atoms with E-state index < -0.39 is 36.0 Å². The monoisotopic (exact) mass is 873 g/mol. The van der Waals surface area contributed by atoms with Crippen LogP contribution in [0, 0.1) is 5.92 Å². The molecule has 1 aliphatic carbocycles. The highest BCUT2D eigenvalue weighted by molar-refractivity contribution is 5.92. The number of rotatable bonds is 21. The maximum atomic E-state index is 15.5. The van der Waals surface area contributed by atoms with Crippen molar-refractivity contribution in [3.05, 3.63) is 144 Å². The number of imidazole rings is 2. The standard InChI is InChI=1S/C49H63N9O6/c1-55-24-26-56(27-25-55)49(62)54-42(28-37-14-6-2-7-15-37)47(60)53-43(30-41-31-50-34-52-41)48(61)58(36-64-33-40-20-12-5-13-21-40)44(29-38-16-8-3-9-17-38)45(59)46-51-22-23-57(46)35-63-32-39-18-10-4-11-19-39/h2,4-7,10-15,18-23,31,34,38,42-45,59H,3,8-9,16-17,24-30,32-33,35-36H2,1H3,(H,50,52)(H,53,60)(H,54,62)/t42-,43-,44?,45?/m0/s1. The van der Waals surface area contributed by atoms with Gasteiger partial charge in [0, 0.05) is 63.3 Å². The summed E-state index contributed by atoms with van der Waals surface area (Å²) >= 11 is 0. The number of aliphatic hydroxyl groups excluding tert-OH is 1. The van der Waals surface area contributed by atoms with Crippen molar-refractivity contribution in [2.45, 2.75) is 95.5 Å². The van der Waals surface area contributed by atoms with Crippen molar-refractivity contribution in [2.75, 3.05) is 40.0 Å². The normalized spacial score (nSPS) is 16.7. The maximum Gasteiger partial charge on any atom is 0.318 e. The van der Waals surface area contributed by atoms with Crippen molar-refractivity contribution in [3.8, 4) is 0 Å². The Morgan fingerprint density at radius 2 is 1.45 bits per heavy atom. The summed E-state index contributed by atoms with van der Waals surface area (Å²) in [6.45, 7) is 3.06. The van der Waals surface area contributed by atoms with Gasteiger partial charge < -0.3 is 49.5 Å². The number of piperazine rings is 1. The largest absolute Gasteiger partial charge is 0.383 e. The molecule has 15 heteroatoms. The molecule has 2 fully saturated rings. The molecule has 4 amide bonds. The number of hydrogen-bond donors (Lipinski definition) is 4. The lowest BCUT2D eigenvalue weighted by Crippen LogP contribution is -2.60. The van der Waals surface area contributed by atoms with E-state index in [1.807, 2.05) is 98.0 Å². The fourth-order valence-electron chi connectivity index (χ4n) is 8.65. The molecule has 3 aromatic carbocycles. The van der Waals surface area contributed by atoms with Gasteiger partial charge >= 0.3 is 6.03 Å². The number of aliphatic hydroxyl groups is 1. The minimum atomic E-state index is -1.24. The highest BCUT2D eigenvalue weighted by Gasteiger charge is 2.39. The van der Waals surface area contributed by atoms with E-state index in [9.17, 15) is 14.7 Å². The number of ether oxygens (including phenoxy) is 2. The van der Waals surface area contributed by atoms with Crippen LogP contribution in [-0.4, -0.2) is 115 Å². The SMILES string of the molecule is CN1CCN(C(=O)N[C@@H](Cc2ccccc2)C(=O)N[C@@H](Cc2cnc[nH]2)C(=O)N(COCc2ccccc2)C(CC2CCCCC2)C(O)c2nccn2COCc2ccccc2)CC1. The first-order valence-electron chi connectivity index (χ1n) is 22.6. The first-order valence-corrected chi connectivity index (χ1v) is 22.6. The van der Waals surface area contributed by atoms with Crippen LogP contribution in [0.4, 0.5) is 4.79 Å². The van der Waals surface area contributed by atoms with Crippen LogP contribution in [0.5, 0.6) is 0 Å². The van der Waals surface area contributed by atoms with Gasteiger partial charge in [-0.1, -0.05) is 123 Å². The number of nitrogens with one attached hydrogen (secondary N) is 3. The molecule has 1 aliphatic heterocycles. The van der Waals surface area contributed by atoms with Crippen LogP contribution in [0.15, 0.2) is 116 Å². The summed E-state index contributed by atoms with van der Waals surface area (Å²) in [5, 5.41) is 18.7. The highest BCUT2D eigenvalue weighted by atomic mass is 16.5. The summed E-state index contributed by atoms with van der Waals surface area (Å²) in [7, 11) is 2.02. The molecule has 7 rings (SSSR count). The van der Waals surface area contributed by atoms with Crippen LogP contribution in [0.3, 0.4) is 0 Å². The molecule has 0 radical (unpaired) electrons. The Bertz CT molecular complexity index is 2140. The van der Waals surface area contributed by atoms with E-state index in [0.29, 0.717) is 37.6 Å². The average Bonchev–Trinajstić information content (AvgIpc) is 4.03. The second-order valence-electron chi connectivity index (χ2n) is 17.1. The molecule has 3 heterocycles. The fraction of sp³-hybridized carbons (Fsp3) is 0.449. The van der Waals surface area contributed by atoms with Gasteiger partial charge in [-0.15, -0.1) is 0 Å². The molecule has 15 nitrogen and oxygen atoms in total. The van der Waals surface area contributed by atoms with Crippen molar-refractivity contribution in [3.63, 3.8) is 0 Å². The van der Waals surface area contributed by atoms with Crippen molar-refractivity contribution in [1.29, 1.82) is 0 Å². The van der Waals surface area contributed by atoms with E-state index in [1.54, 1.807) is 33.0 Å². The lowest BCUT2D eigenvalue weighted by molar-refractivity contribution is -0.150. The Morgan fingerprint density at radius 1 is 0.812 bits per heavy atom. The van der Waals surface area contributed by atoms with Crippen molar-refractivity contribution >= 4 is 17.8 Å². The third-order valence-electron chi connectivity index (χ3n) is 12.3. The van der Waals surface area contributed by atoms with Crippen LogP contribution in [0.25, 0.3) is 0 Å². The summed E-state index contributed by atoms with van der Waals surface area (Å²) in [5.41, 5.74) is 3.42. The minimum Gasteiger partial charge on any atom is -0.383 e. The predicted molar refractivity (Wildman–Crippen MR) is 242 cm³/mol. The molecule has 0 bridgehead atoms. The van der Waals surface area contributed by atoms with Crippen LogP contribution < -0.4 is 10.6 Å². The van der Waals surface area contributed by atoms with Crippen LogP contribution in [0.2, 0.25) is 0 Å². The van der Waals surface area contributed by atoms with Crippen molar-refractivity contribution in [1.82, 2.24) is 44.9 Å². The molecule has 2 aromatic heterocycles. The maximum absolute atomic E-state index is 15.5. The molecule has 2 unspecified atom stereocenters. The number of hydrogen-bond acceptors (Lipinski definition) is 9. The van der Waals surface area contributed by atoms with Gasteiger partial charge in [-0.05, 0) is 36.1 Å². The molecular formula is C49H63N9O6.